The zero-order valence-corrected chi connectivity index (χ0v) is 15.3. The molecule has 0 aromatic heterocycles. The topological polar surface area (TPSA) is 58.1 Å². The Bertz CT molecular complexity index is 541. The maximum atomic E-state index is 12.7. The predicted molar refractivity (Wildman–Crippen MR) is 95.6 cm³/mol. The first-order valence-corrected chi connectivity index (χ1v) is 8.34. The molecular weight excluding hydrogens is 330 g/mol. The predicted octanol–water partition coefficient (Wildman–Crippen LogP) is 2.30. The minimum atomic E-state index is -2.91. The summed E-state index contributed by atoms with van der Waals surface area (Å²) >= 11 is 0. The van der Waals surface area contributed by atoms with Crippen LogP contribution in [0.15, 0.2) is 23.2 Å². The van der Waals surface area contributed by atoms with Crippen LogP contribution in [-0.2, 0) is 6.54 Å². The van der Waals surface area contributed by atoms with Crippen LogP contribution in [0, 0.1) is 0 Å². The van der Waals surface area contributed by atoms with Gasteiger partial charge in [-0.2, -0.15) is 8.78 Å². The minimum Gasteiger partial charge on any atom is -0.490 e. The standard InChI is InChI=1S/C17H28F2N4O2/c1-5-23(4)11-10-21-17(20-3)22-12-13-8-7-9-14(24-6-2)15(13)25-16(18)19/h7-9,16H,5-6,10-12H2,1-4H3,(H2,20,21,22). The molecule has 0 saturated heterocycles. The summed E-state index contributed by atoms with van der Waals surface area (Å²) in [4.78, 5) is 6.30. The van der Waals surface area contributed by atoms with Gasteiger partial charge in [-0.15, -0.1) is 0 Å². The molecule has 0 heterocycles. The van der Waals surface area contributed by atoms with E-state index in [4.69, 9.17) is 4.74 Å². The highest BCUT2D eigenvalue weighted by atomic mass is 19.3. The third kappa shape index (κ3) is 7.55. The van der Waals surface area contributed by atoms with Crippen LogP contribution in [0.25, 0.3) is 0 Å². The molecule has 0 saturated carbocycles. The third-order valence-corrected chi connectivity index (χ3v) is 3.56. The summed E-state index contributed by atoms with van der Waals surface area (Å²) in [5.41, 5.74) is 0.569. The molecule has 142 valence electrons. The van der Waals surface area contributed by atoms with Crippen molar-refractivity contribution in [3.8, 4) is 11.5 Å². The van der Waals surface area contributed by atoms with Crippen molar-refractivity contribution in [2.45, 2.75) is 27.0 Å². The Labute approximate surface area is 148 Å². The number of hydrogen-bond acceptors (Lipinski definition) is 4. The Balaban J connectivity index is 2.72. The first-order valence-electron chi connectivity index (χ1n) is 8.34. The molecule has 0 unspecified atom stereocenters. The van der Waals surface area contributed by atoms with Crippen LogP contribution in [-0.4, -0.2) is 57.8 Å². The quantitative estimate of drug-likeness (QED) is 0.497. The number of hydrogen-bond donors (Lipinski definition) is 2. The van der Waals surface area contributed by atoms with E-state index in [0.717, 1.165) is 19.6 Å². The van der Waals surface area contributed by atoms with Gasteiger partial charge >= 0.3 is 6.61 Å². The maximum Gasteiger partial charge on any atom is 0.387 e. The first kappa shape index (κ1) is 21.0. The highest BCUT2D eigenvalue weighted by Gasteiger charge is 2.15. The molecule has 0 fully saturated rings. The number of alkyl halides is 2. The second-order valence-electron chi connectivity index (χ2n) is 5.30. The molecule has 1 aromatic rings. The van der Waals surface area contributed by atoms with Crippen molar-refractivity contribution in [2.75, 3.05) is 40.3 Å². The van der Waals surface area contributed by atoms with E-state index < -0.39 is 6.61 Å². The lowest BCUT2D eigenvalue weighted by Crippen LogP contribution is -2.40. The summed E-state index contributed by atoms with van der Waals surface area (Å²) < 4.78 is 35.5. The summed E-state index contributed by atoms with van der Waals surface area (Å²) in [6.45, 7) is 4.17. The van der Waals surface area contributed by atoms with E-state index in [1.165, 1.54) is 0 Å². The number of halogens is 2. The van der Waals surface area contributed by atoms with Gasteiger partial charge in [0.25, 0.3) is 0 Å². The minimum absolute atomic E-state index is 0.0491. The van der Waals surface area contributed by atoms with Crippen LogP contribution in [0.5, 0.6) is 11.5 Å². The Hall–Kier alpha value is -2.09. The van der Waals surface area contributed by atoms with Crippen molar-refractivity contribution in [3.05, 3.63) is 23.8 Å². The Kier molecular flexibility index (Phi) is 9.61. The smallest absolute Gasteiger partial charge is 0.387 e. The fourth-order valence-electron chi connectivity index (χ4n) is 2.12. The number of rotatable bonds is 10. The summed E-state index contributed by atoms with van der Waals surface area (Å²) in [6, 6.07) is 5.07. The van der Waals surface area contributed by atoms with Crippen molar-refractivity contribution in [2.24, 2.45) is 4.99 Å². The largest absolute Gasteiger partial charge is 0.490 e. The Morgan fingerprint density at radius 2 is 2.04 bits per heavy atom. The van der Waals surface area contributed by atoms with Crippen molar-refractivity contribution >= 4 is 5.96 Å². The second-order valence-corrected chi connectivity index (χ2v) is 5.30. The highest BCUT2D eigenvalue weighted by molar-refractivity contribution is 5.79. The molecule has 0 atom stereocenters. The Morgan fingerprint density at radius 1 is 1.28 bits per heavy atom. The van der Waals surface area contributed by atoms with Gasteiger partial charge in [0.1, 0.15) is 0 Å². The zero-order valence-electron chi connectivity index (χ0n) is 15.3. The molecule has 0 aliphatic rings. The average Bonchev–Trinajstić information content (AvgIpc) is 2.59. The van der Waals surface area contributed by atoms with Crippen LogP contribution in [0.2, 0.25) is 0 Å². The SMILES string of the molecule is CCOc1cccc(CNC(=NC)NCCN(C)CC)c1OC(F)F. The molecule has 0 spiro atoms. The lowest BCUT2D eigenvalue weighted by molar-refractivity contribution is -0.0520. The molecule has 25 heavy (non-hydrogen) atoms. The van der Waals surface area contributed by atoms with E-state index in [9.17, 15) is 8.78 Å². The first-order chi connectivity index (χ1) is 12.0. The summed E-state index contributed by atoms with van der Waals surface area (Å²) in [5, 5.41) is 6.28. The Morgan fingerprint density at radius 3 is 2.64 bits per heavy atom. The fraction of sp³-hybridized carbons (Fsp3) is 0.588. The fourth-order valence-corrected chi connectivity index (χ4v) is 2.12. The van der Waals surface area contributed by atoms with Crippen LogP contribution < -0.4 is 20.1 Å². The molecule has 1 aromatic carbocycles. The number of benzene rings is 1. The molecule has 8 heteroatoms. The van der Waals surface area contributed by atoms with Crippen LogP contribution in [0.3, 0.4) is 0 Å². The van der Waals surface area contributed by atoms with Crippen molar-refractivity contribution < 1.29 is 18.3 Å². The number of nitrogens with one attached hydrogen (secondary N) is 2. The van der Waals surface area contributed by atoms with E-state index >= 15 is 0 Å². The van der Waals surface area contributed by atoms with E-state index in [1.807, 2.05) is 7.05 Å². The van der Waals surface area contributed by atoms with Gasteiger partial charge in [0.15, 0.2) is 17.5 Å². The molecule has 2 N–H and O–H groups in total. The average molecular weight is 358 g/mol. The maximum absolute atomic E-state index is 12.7. The summed E-state index contributed by atoms with van der Waals surface area (Å²) in [6.07, 6.45) is 0. The molecular formula is C17H28F2N4O2. The third-order valence-electron chi connectivity index (χ3n) is 3.56. The monoisotopic (exact) mass is 358 g/mol. The molecule has 1 rings (SSSR count). The van der Waals surface area contributed by atoms with Crippen LogP contribution in [0.1, 0.15) is 19.4 Å². The molecule has 0 bridgehead atoms. The molecule has 0 radical (unpaired) electrons. The number of ether oxygens (including phenoxy) is 2. The van der Waals surface area contributed by atoms with Gasteiger partial charge in [0, 0.05) is 32.2 Å². The number of para-hydroxylation sites is 1. The highest BCUT2D eigenvalue weighted by Crippen LogP contribution is 2.32. The van der Waals surface area contributed by atoms with Gasteiger partial charge in [-0.1, -0.05) is 19.1 Å². The lowest BCUT2D eigenvalue weighted by Gasteiger charge is -2.18. The molecule has 0 aliphatic carbocycles. The van der Waals surface area contributed by atoms with Crippen molar-refractivity contribution in [3.63, 3.8) is 0 Å². The summed E-state index contributed by atoms with van der Waals surface area (Å²) in [5.74, 6) is 0.942. The normalized spacial score (nSPS) is 11.8. The molecule has 6 nitrogen and oxygen atoms in total. The van der Waals surface area contributed by atoms with Crippen molar-refractivity contribution in [1.29, 1.82) is 0 Å². The van der Waals surface area contributed by atoms with Gasteiger partial charge < -0.3 is 25.0 Å². The van der Waals surface area contributed by atoms with E-state index in [-0.39, 0.29) is 12.3 Å². The summed E-state index contributed by atoms with van der Waals surface area (Å²) in [7, 11) is 3.69. The van der Waals surface area contributed by atoms with Crippen LogP contribution in [0.4, 0.5) is 8.78 Å². The van der Waals surface area contributed by atoms with Gasteiger partial charge in [0.05, 0.1) is 6.61 Å². The molecule has 0 amide bonds. The number of aliphatic imine (C=N–C) groups is 1. The van der Waals surface area contributed by atoms with E-state index in [2.05, 4.69) is 32.2 Å². The van der Waals surface area contributed by atoms with Gasteiger partial charge in [0.2, 0.25) is 0 Å². The second kappa shape index (κ2) is 11.5. The van der Waals surface area contributed by atoms with E-state index in [1.54, 1.807) is 32.2 Å². The van der Waals surface area contributed by atoms with Crippen molar-refractivity contribution in [1.82, 2.24) is 15.5 Å². The molecule has 0 aliphatic heterocycles. The van der Waals surface area contributed by atoms with Gasteiger partial charge in [-0.3, -0.25) is 4.99 Å². The zero-order chi connectivity index (χ0) is 18.7. The number of likely N-dealkylation sites (N-methyl/N-ethyl adjacent to an activating group) is 1. The van der Waals surface area contributed by atoms with Gasteiger partial charge in [-0.25, -0.2) is 0 Å². The van der Waals surface area contributed by atoms with Crippen LogP contribution >= 0.6 is 0 Å². The number of nitrogens with zero attached hydrogens (tertiary/aromatic N) is 2. The number of guanidine groups is 1. The van der Waals surface area contributed by atoms with E-state index in [0.29, 0.717) is 23.9 Å². The lowest BCUT2D eigenvalue weighted by atomic mass is 10.2. The van der Waals surface area contributed by atoms with Gasteiger partial charge in [-0.05, 0) is 26.6 Å².